The minimum atomic E-state index is -0.678. The van der Waals surface area contributed by atoms with Gasteiger partial charge in [0.05, 0.1) is 6.10 Å². The summed E-state index contributed by atoms with van der Waals surface area (Å²) in [6, 6.07) is 0. The van der Waals surface area contributed by atoms with Gasteiger partial charge >= 0.3 is 51.5 Å². The van der Waals surface area contributed by atoms with Crippen molar-refractivity contribution in [2.45, 2.75) is 109 Å². The fourth-order valence-electron chi connectivity index (χ4n) is 2.67. The fraction of sp³-hybridized carbons (Fsp3) is 0.944. The molecule has 0 aliphatic carbocycles. The monoisotopic (exact) mass is 390 g/mol. The molecule has 0 spiro atoms. The van der Waals surface area contributed by atoms with Crippen LogP contribution in [0.15, 0.2) is 0 Å². The van der Waals surface area contributed by atoms with Crippen molar-refractivity contribution in [3.05, 3.63) is 0 Å². The first-order valence-corrected chi connectivity index (χ1v) is 9.06. The number of hydrogen-bond donors (Lipinski definition) is 2. The van der Waals surface area contributed by atoms with Gasteiger partial charge in [-0.2, -0.15) is 0 Å². The Kier molecular flexibility index (Phi) is 22.8. The number of carbonyl (C=O) groups is 1. The molecule has 0 saturated heterocycles. The van der Waals surface area contributed by atoms with E-state index >= 15 is 0 Å². The predicted molar refractivity (Wildman–Crippen MR) is 97.1 cm³/mol. The van der Waals surface area contributed by atoms with Crippen LogP contribution in [0, 0.1) is 0 Å². The molecule has 1 atom stereocenters. The average Bonchev–Trinajstić information content (AvgIpc) is 2.45. The molecule has 3 nitrogen and oxygen atoms in total. The second-order valence-corrected chi connectivity index (χ2v) is 6.26. The summed E-state index contributed by atoms with van der Waals surface area (Å²) in [6.45, 7) is 2.21. The van der Waals surface area contributed by atoms with Crippen LogP contribution in [0.4, 0.5) is 0 Å². The molecule has 0 rings (SSSR count). The number of aliphatic carboxylic acids is 1. The Morgan fingerprint density at radius 2 is 1.18 bits per heavy atom. The maximum atomic E-state index is 10.3. The van der Waals surface area contributed by atoms with E-state index in [9.17, 15) is 9.90 Å². The van der Waals surface area contributed by atoms with Gasteiger partial charge in [0.2, 0.25) is 0 Å². The number of carboxylic acids is 1. The predicted octanol–water partition coefficient (Wildman–Crippen LogP) is 4.39. The summed E-state index contributed by atoms with van der Waals surface area (Å²) in [5, 5.41) is 18.4. The molecule has 0 saturated carbocycles. The molecule has 4 heteroatoms. The standard InChI is InChI=1S/C18H36O3.Sr.2H/c1-2-3-4-11-14-17(19)15-12-9-7-5-6-8-10-13-16-18(20)21;;;/h17,19H,2-16H2,1H3,(H,20,21);;;. The van der Waals surface area contributed by atoms with E-state index in [1.165, 1.54) is 51.4 Å². The van der Waals surface area contributed by atoms with Crippen LogP contribution in [-0.4, -0.2) is 67.8 Å². The topological polar surface area (TPSA) is 57.5 Å². The Labute approximate surface area is 174 Å². The van der Waals surface area contributed by atoms with Crippen LogP contribution < -0.4 is 0 Å². The average molecular weight is 390 g/mol. The van der Waals surface area contributed by atoms with Crippen molar-refractivity contribution in [3.8, 4) is 0 Å². The first kappa shape index (κ1) is 25.2. The molecule has 0 aromatic carbocycles. The van der Waals surface area contributed by atoms with Crippen molar-refractivity contribution in [1.82, 2.24) is 0 Å². The van der Waals surface area contributed by atoms with Gasteiger partial charge in [0, 0.05) is 6.42 Å². The van der Waals surface area contributed by atoms with E-state index in [2.05, 4.69) is 6.92 Å². The van der Waals surface area contributed by atoms with Crippen molar-refractivity contribution in [3.63, 3.8) is 0 Å². The molecule has 130 valence electrons. The molecule has 0 aliphatic heterocycles. The molecule has 2 N–H and O–H groups in total. The summed E-state index contributed by atoms with van der Waals surface area (Å²) in [7, 11) is 0. The van der Waals surface area contributed by atoms with Crippen LogP contribution in [0.5, 0.6) is 0 Å². The summed E-state index contributed by atoms with van der Waals surface area (Å²) in [5.74, 6) is -0.678. The van der Waals surface area contributed by atoms with Gasteiger partial charge in [-0.15, -0.1) is 0 Å². The van der Waals surface area contributed by atoms with Gasteiger partial charge in [-0.3, -0.25) is 4.79 Å². The van der Waals surface area contributed by atoms with E-state index < -0.39 is 5.97 Å². The van der Waals surface area contributed by atoms with Gasteiger partial charge in [-0.05, 0) is 19.3 Å². The van der Waals surface area contributed by atoms with E-state index in [1.807, 2.05) is 0 Å². The summed E-state index contributed by atoms with van der Waals surface area (Å²) < 4.78 is 0. The SMILES string of the molecule is CCCCCCC(O)CCCCCCCCCCC(=O)O.[SrH2]. The van der Waals surface area contributed by atoms with Crippen LogP contribution >= 0.6 is 0 Å². The number of unbranched alkanes of at least 4 members (excludes halogenated alkanes) is 10. The van der Waals surface area contributed by atoms with Crippen molar-refractivity contribution in [2.24, 2.45) is 0 Å². The minimum absolute atomic E-state index is 0. The quantitative estimate of drug-likeness (QED) is 0.304. The van der Waals surface area contributed by atoms with E-state index in [1.54, 1.807) is 0 Å². The van der Waals surface area contributed by atoms with E-state index in [0.29, 0.717) is 6.42 Å². The van der Waals surface area contributed by atoms with Gasteiger partial charge in [-0.1, -0.05) is 77.6 Å². The van der Waals surface area contributed by atoms with Gasteiger partial charge in [0.1, 0.15) is 0 Å². The second-order valence-electron chi connectivity index (χ2n) is 6.26. The number of aliphatic hydroxyl groups excluding tert-OH is 1. The number of aliphatic hydroxyl groups is 1. The number of rotatable bonds is 16. The molecule has 0 heterocycles. The van der Waals surface area contributed by atoms with Crippen molar-refractivity contribution in [2.75, 3.05) is 0 Å². The normalized spacial score (nSPS) is 11.9. The van der Waals surface area contributed by atoms with Gasteiger partial charge < -0.3 is 10.2 Å². The van der Waals surface area contributed by atoms with Crippen LogP contribution in [0.1, 0.15) is 103 Å². The summed E-state index contributed by atoms with van der Waals surface area (Å²) in [5.41, 5.74) is 0. The summed E-state index contributed by atoms with van der Waals surface area (Å²) >= 11 is 0. The molecule has 0 radical (unpaired) electrons. The number of hydrogen-bond acceptors (Lipinski definition) is 2. The molecule has 1 unspecified atom stereocenters. The Balaban J connectivity index is 0. The van der Waals surface area contributed by atoms with Gasteiger partial charge in [0.15, 0.2) is 0 Å². The molecule has 0 fully saturated rings. The molecule has 22 heavy (non-hydrogen) atoms. The third kappa shape index (κ3) is 20.9. The van der Waals surface area contributed by atoms with Crippen LogP contribution in [0.2, 0.25) is 0 Å². The Bertz CT molecular complexity index is 234. The molecular weight excluding hydrogens is 352 g/mol. The zero-order chi connectivity index (χ0) is 15.8. The molecule has 0 aliphatic rings. The molecule has 0 bridgehead atoms. The summed E-state index contributed by atoms with van der Waals surface area (Å²) in [6.07, 6.45) is 16.3. The van der Waals surface area contributed by atoms with Crippen molar-refractivity contribution < 1.29 is 15.0 Å². The zero-order valence-electron chi connectivity index (χ0n) is 14.0. The Morgan fingerprint density at radius 3 is 1.64 bits per heavy atom. The third-order valence-electron chi connectivity index (χ3n) is 4.07. The van der Waals surface area contributed by atoms with E-state index in [-0.39, 0.29) is 51.6 Å². The molecule has 0 aromatic rings. The van der Waals surface area contributed by atoms with Gasteiger partial charge in [0.25, 0.3) is 0 Å². The van der Waals surface area contributed by atoms with Crippen LogP contribution in [0.3, 0.4) is 0 Å². The third-order valence-corrected chi connectivity index (χ3v) is 4.07. The molecule has 0 aromatic heterocycles. The van der Waals surface area contributed by atoms with Crippen molar-refractivity contribution in [1.29, 1.82) is 0 Å². The van der Waals surface area contributed by atoms with Crippen LogP contribution in [0.25, 0.3) is 0 Å². The van der Waals surface area contributed by atoms with Gasteiger partial charge in [-0.25, -0.2) is 0 Å². The first-order valence-electron chi connectivity index (χ1n) is 9.06. The zero-order valence-corrected chi connectivity index (χ0v) is 14.0. The number of carboxylic acid groups (broad SMARTS) is 1. The molecule has 0 amide bonds. The summed E-state index contributed by atoms with van der Waals surface area (Å²) in [4.78, 5) is 10.3. The fourth-order valence-corrected chi connectivity index (χ4v) is 2.67. The van der Waals surface area contributed by atoms with E-state index in [4.69, 9.17) is 5.11 Å². The van der Waals surface area contributed by atoms with E-state index in [0.717, 1.165) is 38.5 Å². The Hall–Kier alpha value is 0.911. The first-order chi connectivity index (χ1) is 10.2. The van der Waals surface area contributed by atoms with Crippen LogP contribution in [-0.2, 0) is 4.79 Å². The molecular formula is C18H38O3Sr. The van der Waals surface area contributed by atoms with Crippen molar-refractivity contribution >= 4 is 51.5 Å². The maximum absolute atomic E-state index is 10.3. The Morgan fingerprint density at radius 1 is 0.773 bits per heavy atom. The second kappa shape index (κ2) is 20.0.